The van der Waals surface area contributed by atoms with Crippen molar-refractivity contribution in [2.75, 3.05) is 5.32 Å². The lowest BCUT2D eigenvalue weighted by atomic mass is 10.1. The molecule has 4 aromatic rings. The van der Waals surface area contributed by atoms with E-state index in [1.807, 2.05) is 0 Å². The summed E-state index contributed by atoms with van der Waals surface area (Å²) in [5, 5.41) is 20.6. The molecule has 1 aliphatic carbocycles. The predicted molar refractivity (Wildman–Crippen MR) is 129 cm³/mol. The fourth-order valence-electron chi connectivity index (χ4n) is 3.97. The van der Waals surface area contributed by atoms with Crippen LogP contribution in [0.5, 0.6) is 5.75 Å². The van der Waals surface area contributed by atoms with Crippen molar-refractivity contribution in [2.45, 2.75) is 25.3 Å². The molecular formula is C26H24FN5O3. The Balaban J connectivity index is 1.36. The van der Waals surface area contributed by atoms with Gasteiger partial charge < -0.3 is 20.3 Å². The van der Waals surface area contributed by atoms with Crippen LogP contribution in [0, 0.1) is 5.82 Å². The Morgan fingerprint density at radius 3 is 2.60 bits per heavy atom. The van der Waals surface area contributed by atoms with Crippen molar-refractivity contribution in [1.82, 2.24) is 19.7 Å². The summed E-state index contributed by atoms with van der Waals surface area (Å²) in [6.07, 6.45) is 3.67. The topological polar surface area (TPSA) is 101 Å². The van der Waals surface area contributed by atoms with Gasteiger partial charge in [0.25, 0.3) is 5.91 Å². The lowest BCUT2D eigenvalue weighted by Crippen LogP contribution is -2.30. The molecule has 9 heteroatoms. The molecule has 0 aliphatic heterocycles. The molecule has 2 heterocycles. The maximum Gasteiger partial charge on any atom is 0.342 e. The van der Waals surface area contributed by atoms with Crippen molar-refractivity contribution in [1.29, 1.82) is 0 Å². The second-order valence-corrected chi connectivity index (χ2v) is 8.58. The molecule has 0 saturated heterocycles. The number of rotatable bonds is 6. The highest BCUT2D eigenvalue weighted by atomic mass is 19.1. The highest BCUT2D eigenvalue weighted by molar-refractivity contribution is 6.03. The maximum atomic E-state index is 13.9. The van der Waals surface area contributed by atoms with Crippen molar-refractivity contribution < 1.29 is 19.1 Å². The number of halogens is 1. The summed E-state index contributed by atoms with van der Waals surface area (Å²) in [4.78, 5) is 25.3. The van der Waals surface area contributed by atoms with E-state index in [0.717, 1.165) is 18.5 Å². The number of benzene rings is 2. The number of aryl methyl sites for hydroxylation is 1. The summed E-state index contributed by atoms with van der Waals surface area (Å²) in [5.74, 6) is -0.549. The molecular weight excluding hydrogens is 449 g/mol. The number of amides is 2. The first-order chi connectivity index (χ1) is 16.9. The van der Waals surface area contributed by atoms with Crippen LogP contribution in [0.25, 0.3) is 11.3 Å². The van der Waals surface area contributed by atoms with Gasteiger partial charge in [-0.2, -0.15) is 9.78 Å². The summed E-state index contributed by atoms with van der Waals surface area (Å²) in [5.41, 5.74) is 2.92. The fraction of sp³-hybridized carbons (Fsp3) is 0.192. The van der Waals surface area contributed by atoms with Crippen LogP contribution in [-0.4, -0.2) is 31.4 Å². The number of aromatic nitrogens is 3. The first kappa shape index (κ1) is 22.4. The van der Waals surface area contributed by atoms with Gasteiger partial charge in [0.1, 0.15) is 17.3 Å². The average Bonchev–Trinajstić information content (AvgIpc) is 3.44. The highest BCUT2D eigenvalue weighted by Gasteiger charge is 2.31. The Labute approximate surface area is 201 Å². The van der Waals surface area contributed by atoms with Gasteiger partial charge in [0.15, 0.2) is 0 Å². The van der Waals surface area contributed by atoms with E-state index in [2.05, 4.69) is 15.7 Å². The molecule has 8 nitrogen and oxygen atoms in total. The summed E-state index contributed by atoms with van der Waals surface area (Å²) < 4.78 is 16.9. The normalized spacial score (nSPS) is 13.0. The molecule has 0 radical (unpaired) electrons. The lowest BCUT2D eigenvalue weighted by Gasteiger charge is -2.09. The molecule has 178 valence electrons. The molecule has 1 saturated carbocycles. The van der Waals surface area contributed by atoms with E-state index in [0.29, 0.717) is 28.2 Å². The third kappa shape index (κ3) is 4.65. The van der Waals surface area contributed by atoms with Gasteiger partial charge in [0, 0.05) is 48.6 Å². The molecule has 0 unspecified atom stereocenters. The number of aromatic hydroxyl groups is 1. The molecule has 35 heavy (non-hydrogen) atoms. The number of anilines is 1. The van der Waals surface area contributed by atoms with Gasteiger partial charge in [-0.25, -0.2) is 9.18 Å². The van der Waals surface area contributed by atoms with Crippen LogP contribution in [0.2, 0.25) is 0 Å². The third-order valence-electron chi connectivity index (χ3n) is 6.02. The van der Waals surface area contributed by atoms with E-state index in [-0.39, 0.29) is 29.9 Å². The number of phenols is 1. The maximum absolute atomic E-state index is 13.9. The number of nitrogens with one attached hydrogen (secondary N) is 2. The van der Waals surface area contributed by atoms with Crippen molar-refractivity contribution in [3.63, 3.8) is 0 Å². The minimum atomic E-state index is -0.465. The van der Waals surface area contributed by atoms with Crippen molar-refractivity contribution in [2.24, 2.45) is 7.05 Å². The smallest absolute Gasteiger partial charge is 0.342 e. The van der Waals surface area contributed by atoms with Crippen LogP contribution in [0.1, 0.15) is 40.5 Å². The molecule has 2 aromatic carbocycles. The number of carbonyl (C=O) groups excluding carboxylic acids is 2. The largest absolute Gasteiger partial charge is 0.507 e. The number of hydrogen-bond acceptors (Lipinski definition) is 4. The lowest BCUT2D eigenvalue weighted by molar-refractivity contribution is 0.101. The van der Waals surface area contributed by atoms with E-state index in [1.54, 1.807) is 66.3 Å². The van der Waals surface area contributed by atoms with Crippen LogP contribution in [0.15, 0.2) is 66.9 Å². The zero-order chi connectivity index (χ0) is 24.5. The van der Waals surface area contributed by atoms with E-state index >= 15 is 0 Å². The molecule has 2 aromatic heterocycles. The first-order valence-corrected chi connectivity index (χ1v) is 11.3. The Hall–Kier alpha value is -4.40. The Morgan fingerprint density at radius 1 is 1.11 bits per heavy atom. The van der Waals surface area contributed by atoms with E-state index in [4.69, 9.17) is 0 Å². The minimum Gasteiger partial charge on any atom is -0.507 e. The van der Waals surface area contributed by atoms with Crippen LogP contribution in [-0.2, 0) is 13.6 Å². The summed E-state index contributed by atoms with van der Waals surface area (Å²) >= 11 is 0. The first-order valence-electron chi connectivity index (χ1n) is 11.3. The Morgan fingerprint density at radius 2 is 1.91 bits per heavy atom. The third-order valence-corrected chi connectivity index (χ3v) is 6.02. The Bertz CT molecular complexity index is 1420. The van der Waals surface area contributed by atoms with Crippen molar-refractivity contribution >= 4 is 17.6 Å². The standard InChI is InChI=1S/C26H24FN5O3/c1-31-12-4-7-22(31)25(34)29-18-10-11-19(24(33)13-18)21-14-23(16-8-9-16)32(30-21)26(35)28-15-17-5-2-3-6-20(17)27/h2-7,10-14,16,33H,8-9,15H2,1H3,(H,28,35)(H,29,34). The average molecular weight is 474 g/mol. The van der Waals surface area contributed by atoms with Crippen LogP contribution >= 0.6 is 0 Å². The zero-order valence-electron chi connectivity index (χ0n) is 19.0. The van der Waals surface area contributed by atoms with Gasteiger partial charge in [-0.15, -0.1) is 0 Å². The summed E-state index contributed by atoms with van der Waals surface area (Å²) in [6, 6.07) is 15.8. The molecule has 2 amide bonds. The highest BCUT2D eigenvalue weighted by Crippen LogP contribution is 2.42. The van der Waals surface area contributed by atoms with E-state index in [9.17, 15) is 19.1 Å². The molecule has 1 fully saturated rings. The van der Waals surface area contributed by atoms with Crippen molar-refractivity contribution in [3.8, 4) is 17.0 Å². The summed E-state index contributed by atoms with van der Waals surface area (Å²) in [6.45, 7) is 0.0333. The molecule has 5 rings (SSSR count). The van der Waals surface area contributed by atoms with Gasteiger partial charge in [-0.3, -0.25) is 4.79 Å². The number of nitrogens with zero attached hydrogens (tertiary/aromatic N) is 3. The number of phenolic OH excluding ortho intramolecular Hbond substituents is 1. The number of hydrogen-bond donors (Lipinski definition) is 3. The van der Waals surface area contributed by atoms with Crippen LogP contribution in [0.4, 0.5) is 14.9 Å². The van der Waals surface area contributed by atoms with Gasteiger partial charge in [-0.05, 0) is 49.2 Å². The van der Waals surface area contributed by atoms with E-state index < -0.39 is 6.03 Å². The van der Waals surface area contributed by atoms with Crippen LogP contribution in [0.3, 0.4) is 0 Å². The molecule has 0 bridgehead atoms. The molecule has 3 N–H and O–H groups in total. The number of carbonyl (C=O) groups is 2. The monoisotopic (exact) mass is 473 g/mol. The van der Waals surface area contributed by atoms with Gasteiger partial charge >= 0.3 is 6.03 Å². The van der Waals surface area contributed by atoms with Crippen LogP contribution < -0.4 is 10.6 Å². The minimum absolute atomic E-state index is 0.0333. The van der Waals surface area contributed by atoms with Gasteiger partial charge in [0.2, 0.25) is 0 Å². The van der Waals surface area contributed by atoms with Crippen molar-refractivity contribution in [3.05, 3.63) is 89.6 Å². The predicted octanol–water partition coefficient (Wildman–Crippen LogP) is 4.62. The molecule has 0 spiro atoms. The van der Waals surface area contributed by atoms with E-state index in [1.165, 1.54) is 16.8 Å². The second kappa shape index (κ2) is 9.09. The molecule has 1 aliphatic rings. The van der Waals surface area contributed by atoms with Gasteiger partial charge in [0.05, 0.1) is 11.4 Å². The van der Waals surface area contributed by atoms with Gasteiger partial charge in [-0.1, -0.05) is 18.2 Å². The fourth-order valence-corrected chi connectivity index (χ4v) is 3.97. The SMILES string of the molecule is Cn1cccc1C(=O)Nc1ccc(-c2cc(C3CC3)n(C(=O)NCc3ccccc3F)n2)c(O)c1. The molecule has 0 atom stereocenters. The zero-order valence-corrected chi connectivity index (χ0v) is 19.0. The quantitative estimate of drug-likeness (QED) is 0.380. The Kier molecular flexibility index (Phi) is 5.82. The second-order valence-electron chi connectivity index (χ2n) is 8.58. The summed E-state index contributed by atoms with van der Waals surface area (Å²) in [7, 11) is 1.77.